The maximum Gasteiger partial charge on any atom is 0.262 e. The minimum absolute atomic E-state index is 0.0372. The Morgan fingerprint density at radius 1 is 1.06 bits per heavy atom. The van der Waals surface area contributed by atoms with Gasteiger partial charge in [0.15, 0.2) is 10.9 Å². The standard InChI is InChI=1S/C21H18F2N4O3S/c1-25(2)7-8-26(21-24-18-15(23)9-12(22)10-16(18)31-21)17(28)11-27-19(29)13-5-3-4-6-14(13)20(27)30/h3-6,9-10H,7-8,11H2,1-2H3. The van der Waals surface area contributed by atoms with Gasteiger partial charge in [0, 0.05) is 19.2 Å². The molecule has 0 spiro atoms. The fourth-order valence-corrected chi connectivity index (χ4v) is 4.34. The van der Waals surface area contributed by atoms with Crippen molar-refractivity contribution in [3.05, 3.63) is 59.2 Å². The summed E-state index contributed by atoms with van der Waals surface area (Å²) in [6.45, 7) is 0.173. The van der Waals surface area contributed by atoms with Gasteiger partial charge >= 0.3 is 0 Å². The van der Waals surface area contributed by atoms with Crippen LogP contribution in [0, 0.1) is 11.6 Å². The largest absolute Gasteiger partial charge is 0.308 e. The molecule has 1 aromatic heterocycles. The Bertz CT molecular complexity index is 1180. The first kappa shape index (κ1) is 21.0. The van der Waals surface area contributed by atoms with E-state index in [0.717, 1.165) is 28.4 Å². The maximum atomic E-state index is 14.1. The Morgan fingerprint density at radius 3 is 2.32 bits per heavy atom. The number of anilines is 1. The van der Waals surface area contributed by atoms with E-state index in [0.29, 0.717) is 6.54 Å². The van der Waals surface area contributed by atoms with Gasteiger partial charge in [0.25, 0.3) is 11.8 Å². The number of carbonyl (C=O) groups is 3. The first-order valence-electron chi connectivity index (χ1n) is 9.42. The molecule has 2 aromatic carbocycles. The zero-order chi connectivity index (χ0) is 22.3. The molecule has 1 aliphatic heterocycles. The van der Waals surface area contributed by atoms with Crippen LogP contribution >= 0.6 is 11.3 Å². The van der Waals surface area contributed by atoms with E-state index in [9.17, 15) is 23.2 Å². The summed E-state index contributed by atoms with van der Waals surface area (Å²) in [6.07, 6.45) is 0. The zero-order valence-corrected chi connectivity index (χ0v) is 17.6. The number of fused-ring (bicyclic) bond motifs is 2. The summed E-state index contributed by atoms with van der Waals surface area (Å²) < 4.78 is 28.0. The first-order valence-corrected chi connectivity index (χ1v) is 10.2. The van der Waals surface area contributed by atoms with E-state index >= 15 is 0 Å². The van der Waals surface area contributed by atoms with Crippen molar-refractivity contribution in [3.8, 4) is 0 Å². The molecule has 10 heteroatoms. The highest BCUT2D eigenvalue weighted by atomic mass is 32.1. The lowest BCUT2D eigenvalue weighted by molar-refractivity contribution is -0.119. The van der Waals surface area contributed by atoms with Gasteiger partial charge in [-0.1, -0.05) is 23.5 Å². The summed E-state index contributed by atoms with van der Waals surface area (Å²) >= 11 is 0.968. The highest BCUT2D eigenvalue weighted by Crippen LogP contribution is 2.31. The number of amides is 3. The Kier molecular flexibility index (Phi) is 5.50. The second-order valence-corrected chi connectivity index (χ2v) is 8.33. The lowest BCUT2D eigenvalue weighted by Gasteiger charge is -2.24. The number of benzene rings is 2. The molecule has 2 heterocycles. The number of carbonyl (C=O) groups excluding carboxylic acids is 3. The van der Waals surface area contributed by atoms with Gasteiger partial charge in [0.2, 0.25) is 5.91 Å². The molecule has 4 rings (SSSR count). The van der Waals surface area contributed by atoms with E-state index in [1.807, 2.05) is 19.0 Å². The number of nitrogens with zero attached hydrogens (tertiary/aromatic N) is 4. The number of imide groups is 1. The summed E-state index contributed by atoms with van der Waals surface area (Å²) in [5, 5.41) is 0.169. The van der Waals surface area contributed by atoms with Gasteiger partial charge in [-0.25, -0.2) is 13.8 Å². The smallest absolute Gasteiger partial charge is 0.262 e. The van der Waals surface area contributed by atoms with Crippen molar-refractivity contribution in [3.63, 3.8) is 0 Å². The lowest BCUT2D eigenvalue weighted by atomic mass is 10.1. The predicted molar refractivity (Wildman–Crippen MR) is 112 cm³/mol. The van der Waals surface area contributed by atoms with Crippen molar-refractivity contribution >= 4 is 44.4 Å². The van der Waals surface area contributed by atoms with Gasteiger partial charge in [-0.15, -0.1) is 0 Å². The van der Waals surface area contributed by atoms with Gasteiger partial charge in [-0.2, -0.15) is 0 Å². The first-order chi connectivity index (χ1) is 14.8. The highest BCUT2D eigenvalue weighted by molar-refractivity contribution is 7.22. The van der Waals surface area contributed by atoms with Gasteiger partial charge < -0.3 is 4.90 Å². The van der Waals surface area contributed by atoms with Crippen molar-refractivity contribution in [2.75, 3.05) is 38.6 Å². The fourth-order valence-electron chi connectivity index (χ4n) is 3.29. The molecule has 0 unspecified atom stereocenters. The summed E-state index contributed by atoms with van der Waals surface area (Å²) in [4.78, 5) is 46.6. The Hall–Kier alpha value is -3.24. The molecular formula is C21H18F2N4O3S. The Morgan fingerprint density at radius 2 is 1.71 bits per heavy atom. The van der Waals surface area contributed by atoms with Gasteiger partial charge in [0.1, 0.15) is 17.9 Å². The second-order valence-electron chi connectivity index (χ2n) is 7.32. The molecule has 160 valence electrons. The van der Waals surface area contributed by atoms with Crippen LogP contribution in [0.5, 0.6) is 0 Å². The highest BCUT2D eigenvalue weighted by Gasteiger charge is 2.37. The number of rotatable bonds is 6. The van der Waals surface area contributed by atoms with E-state index in [1.54, 1.807) is 12.1 Å². The number of hydrogen-bond donors (Lipinski definition) is 0. The fraction of sp³-hybridized carbons (Fsp3) is 0.238. The summed E-state index contributed by atoms with van der Waals surface area (Å²) in [5.41, 5.74) is 0.458. The molecular weight excluding hydrogens is 426 g/mol. The molecule has 3 aromatic rings. The van der Waals surface area contributed by atoms with Crippen LogP contribution in [0.3, 0.4) is 0 Å². The maximum absolute atomic E-state index is 14.1. The summed E-state index contributed by atoms with van der Waals surface area (Å²) in [5.74, 6) is -3.19. The number of thiazole rings is 1. The third kappa shape index (κ3) is 3.91. The van der Waals surface area contributed by atoms with E-state index in [4.69, 9.17) is 0 Å². The van der Waals surface area contributed by atoms with E-state index in [-0.39, 0.29) is 33.0 Å². The van der Waals surface area contributed by atoms with Crippen LogP contribution in [-0.2, 0) is 4.79 Å². The molecule has 0 atom stereocenters. The molecule has 3 amide bonds. The van der Waals surface area contributed by atoms with Crippen LogP contribution in [0.2, 0.25) is 0 Å². The summed E-state index contributed by atoms with van der Waals surface area (Å²) in [6, 6.07) is 8.25. The van der Waals surface area contributed by atoms with E-state index in [1.165, 1.54) is 17.0 Å². The average Bonchev–Trinajstić information content (AvgIpc) is 3.23. The van der Waals surface area contributed by atoms with Crippen LogP contribution in [0.15, 0.2) is 36.4 Å². The van der Waals surface area contributed by atoms with E-state index < -0.39 is 35.9 Å². The molecule has 1 aliphatic rings. The molecule has 0 saturated heterocycles. The topological polar surface area (TPSA) is 73.8 Å². The van der Waals surface area contributed by atoms with E-state index in [2.05, 4.69) is 4.98 Å². The quantitative estimate of drug-likeness (QED) is 0.547. The minimum atomic E-state index is -0.821. The molecule has 0 aliphatic carbocycles. The number of aromatic nitrogens is 1. The Labute approximate surface area is 180 Å². The van der Waals surface area contributed by atoms with Crippen molar-refractivity contribution in [1.29, 1.82) is 0 Å². The normalized spacial score (nSPS) is 13.4. The lowest BCUT2D eigenvalue weighted by Crippen LogP contribution is -2.45. The van der Waals surface area contributed by atoms with Crippen LogP contribution in [0.25, 0.3) is 10.2 Å². The van der Waals surface area contributed by atoms with Crippen LogP contribution in [-0.4, -0.2) is 66.2 Å². The second kappa shape index (κ2) is 8.12. The van der Waals surface area contributed by atoms with Crippen LogP contribution in [0.1, 0.15) is 20.7 Å². The van der Waals surface area contributed by atoms with Gasteiger partial charge in [-0.05, 0) is 32.3 Å². The third-order valence-electron chi connectivity index (χ3n) is 4.88. The van der Waals surface area contributed by atoms with Crippen LogP contribution in [0.4, 0.5) is 13.9 Å². The monoisotopic (exact) mass is 444 g/mol. The predicted octanol–water partition coefficient (Wildman–Crippen LogP) is 2.77. The number of hydrogen-bond acceptors (Lipinski definition) is 6. The van der Waals surface area contributed by atoms with Crippen molar-refractivity contribution in [1.82, 2.24) is 14.8 Å². The molecule has 7 nitrogen and oxygen atoms in total. The number of likely N-dealkylation sites (N-methyl/N-ethyl adjacent to an activating group) is 1. The molecule has 0 saturated carbocycles. The molecule has 0 bridgehead atoms. The van der Waals surface area contributed by atoms with Crippen molar-refractivity contribution < 1.29 is 23.2 Å². The zero-order valence-electron chi connectivity index (χ0n) is 16.8. The minimum Gasteiger partial charge on any atom is -0.308 e. The number of halogens is 2. The molecule has 31 heavy (non-hydrogen) atoms. The van der Waals surface area contributed by atoms with Gasteiger partial charge in [-0.3, -0.25) is 24.2 Å². The van der Waals surface area contributed by atoms with Crippen LogP contribution < -0.4 is 4.90 Å². The molecule has 0 fully saturated rings. The molecule has 0 N–H and O–H groups in total. The van der Waals surface area contributed by atoms with Crippen molar-refractivity contribution in [2.45, 2.75) is 0 Å². The average molecular weight is 444 g/mol. The molecule has 0 radical (unpaired) electrons. The van der Waals surface area contributed by atoms with Crippen molar-refractivity contribution in [2.24, 2.45) is 0 Å². The third-order valence-corrected chi connectivity index (χ3v) is 5.90. The Balaban J connectivity index is 1.64. The van der Waals surface area contributed by atoms with Gasteiger partial charge in [0.05, 0.1) is 15.8 Å². The summed E-state index contributed by atoms with van der Waals surface area (Å²) in [7, 11) is 3.64. The SMILES string of the molecule is CN(C)CCN(C(=O)CN1C(=O)c2ccccc2C1=O)c1nc2c(F)cc(F)cc2s1.